The SMILES string of the molecule is Cn1cc(C(NC(=O)Nc2cccc(Br)c2)C(=O)O)cn1. The van der Waals surface area contributed by atoms with Crippen LogP contribution in [0.5, 0.6) is 0 Å². The number of halogens is 1. The third-order valence-corrected chi connectivity index (χ3v) is 3.16. The zero-order chi connectivity index (χ0) is 15.4. The zero-order valence-electron chi connectivity index (χ0n) is 11.1. The number of carboxylic acids is 1. The fourth-order valence-electron chi connectivity index (χ4n) is 1.74. The van der Waals surface area contributed by atoms with E-state index in [1.54, 1.807) is 25.2 Å². The lowest BCUT2D eigenvalue weighted by atomic mass is 10.1. The minimum absolute atomic E-state index is 0.398. The molecule has 110 valence electrons. The van der Waals surface area contributed by atoms with Gasteiger partial charge >= 0.3 is 12.0 Å². The van der Waals surface area contributed by atoms with Crippen LogP contribution in [0.15, 0.2) is 41.1 Å². The summed E-state index contributed by atoms with van der Waals surface area (Å²) in [7, 11) is 1.67. The Morgan fingerprint density at radius 1 is 1.43 bits per heavy atom. The minimum Gasteiger partial charge on any atom is -0.479 e. The van der Waals surface area contributed by atoms with Crippen molar-refractivity contribution in [2.75, 3.05) is 5.32 Å². The Kier molecular flexibility index (Phi) is 4.59. The predicted molar refractivity (Wildman–Crippen MR) is 79.9 cm³/mol. The number of anilines is 1. The van der Waals surface area contributed by atoms with E-state index in [4.69, 9.17) is 0 Å². The number of carbonyl (C=O) groups is 2. The van der Waals surface area contributed by atoms with E-state index >= 15 is 0 Å². The largest absolute Gasteiger partial charge is 0.479 e. The number of urea groups is 1. The van der Waals surface area contributed by atoms with Gasteiger partial charge in [0, 0.05) is 29.0 Å². The first-order valence-corrected chi connectivity index (χ1v) is 6.79. The zero-order valence-corrected chi connectivity index (χ0v) is 12.7. The van der Waals surface area contributed by atoms with Gasteiger partial charge in [0.25, 0.3) is 0 Å². The van der Waals surface area contributed by atoms with Crippen molar-refractivity contribution in [3.05, 3.63) is 46.7 Å². The average Bonchev–Trinajstić information content (AvgIpc) is 2.82. The molecule has 7 nitrogen and oxygen atoms in total. The highest BCUT2D eigenvalue weighted by Crippen LogP contribution is 2.16. The summed E-state index contributed by atoms with van der Waals surface area (Å²) in [5.74, 6) is -1.16. The summed E-state index contributed by atoms with van der Waals surface area (Å²) in [5.41, 5.74) is 0.951. The molecule has 2 amide bonds. The summed E-state index contributed by atoms with van der Waals surface area (Å²) in [5, 5.41) is 18.1. The predicted octanol–water partition coefficient (Wildman–Crippen LogP) is 2.13. The molecule has 0 aliphatic rings. The molecule has 21 heavy (non-hydrogen) atoms. The molecule has 1 aromatic heterocycles. The van der Waals surface area contributed by atoms with Crippen molar-refractivity contribution in [2.24, 2.45) is 7.05 Å². The van der Waals surface area contributed by atoms with Crippen LogP contribution in [0.1, 0.15) is 11.6 Å². The third kappa shape index (κ3) is 4.06. The topological polar surface area (TPSA) is 96.2 Å². The van der Waals surface area contributed by atoms with Gasteiger partial charge < -0.3 is 15.7 Å². The molecule has 0 spiro atoms. The number of nitrogens with zero attached hydrogens (tertiary/aromatic N) is 2. The van der Waals surface area contributed by atoms with Gasteiger partial charge in [-0.15, -0.1) is 0 Å². The van der Waals surface area contributed by atoms with Gasteiger partial charge in [0.2, 0.25) is 0 Å². The van der Waals surface area contributed by atoms with Crippen molar-refractivity contribution in [2.45, 2.75) is 6.04 Å². The van der Waals surface area contributed by atoms with Crippen LogP contribution in [0.3, 0.4) is 0 Å². The van der Waals surface area contributed by atoms with E-state index in [-0.39, 0.29) is 0 Å². The van der Waals surface area contributed by atoms with Crippen molar-refractivity contribution < 1.29 is 14.7 Å². The highest BCUT2D eigenvalue weighted by atomic mass is 79.9. The number of carbonyl (C=O) groups excluding carboxylic acids is 1. The smallest absolute Gasteiger partial charge is 0.331 e. The molecule has 0 fully saturated rings. The molecule has 0 saturated carbocycles. The van der Waals surface area contributed by atoms with Crippen LogP contribution < -0.4 is 10.6 Å². The second-order valence-corrected chi connectivity index (χ2v) is 5.24. The van der Waals surface area contributed by atoms with Gasteiger partial charge in [0.15, 0.2) is 6.04 Å². The van der Waals surface area contributed by atoms with Crippen LogP contribution in [0.2, 0.25) is 0 Å². The lowest BCUT2D eigenvalue weighted by Gasteiger charge is -2.13. The number of benzene rings is 1. The first-order chi connectivity index (χ1) is 9.95. The van der Waals surface area contributed by atoms with Crippen molar-refractivity contribution in [3.63, 3.8) is 0 Å². The van der Waals surface area contributed by atoms with E-state index in [1.807, 2.05) is 6.07 Å². The number of hydrogen-bond acceptors (Lipinski definition) is 3. The normalized spacial score (nSPS) is 11.7. The molecule has 1 aromatic carbocycles. The number of aliphatic carboxylic acids is 1. The number of amides is 2. The van der Waals surface area contributed by atoms with E-state index < -0.39 is 18.0 Å². The lowest BCUT2D eigenvalue weighted by Crippen LogP contribution is -2.36. The molecule has 0 saturated heterocycles. The highest BCUT2D eigenvalue weighted by molar-refractivity contribution is 9.10. The first kappa shape index (κ1) is 15.0. The summed E-state index contributed by atoms with van der Waals surface area (Å²) in [4.78, 5) is 23.2. The van der Waals surface area contributed by atoms with Crippen molar-refractivity contribution in [3.8, 4) is 0 Å². The van der Waals surface area contributed by atoms with Gasteiger partial charge in [0.1, 0.15) is 0 Å². The number of hydrogen-bond donors (Lipinski definition) is 3. The maximum atomic E-state index is 11.9. The molecule has 0 aliphatic carbocycles. The molecular weight excluding hydrogens is 340 g/mol. The van der Waals surface area contributed by atoms with E-state index in [0.29, 0.717) is 11.3 Å². The Bertz CT molecular complexity index is 671. The van der Waals surface area contributed by atoms with E-state index in [1.165, 1.54) is 17.1 Å². The number of aryl methyl sites for hydroxylation is 1. The number of carboxylic acid groups (broad SMARTS) is 1. The summed E-state index contributed by atoms with van der Waals surface area (Å²) < 4.78 is 2.28. The maximum absolute atomic E-state index is 11.9. The highest BCUT2D eigenvalue weighted by Gasteiger charge is 2.23. The Labute approximate surface area is 129 Å². The fraction of sp³-hybridized carbons (Fsp3) is 0.154. The Morgan fingerprint density at radius 3 is 2.76 bits per heavy atom. The molecule has 0 bridgehead atoms. The molecule has 2 rings (SSSR count). The standard InChI is InChI=1S/C13H13BrN4O3/c1-18-7-8(6-15-18)11(12(19)20)17-13(21)16-10-4-2-3-9(14)5-10/h2-7,11H,1H3,(H,19,20)(H2,16,17,21). The van der Waals surface area contributed by atoms with Gasteiger partial charge in [-0.05, 0) is 18.2 Å². The second-order valence-electron chi connectivity index (χ2n) is 4.33. The van der Waals surface area contributed by atoms with Crippen LogP contribution in [0.25, 0.3) is 0 Å². The van der Waals surface area contributed by atoms with Crippen LogP contribution in [0, 0.1) is 0 Å². The molecule has 1 heterocycles. The van der Waals surface area contributed by atoms with Gasteiger partial charge in [0.05, 0.1) is 6.20 Å². The molecule has 3 N–H and O–H groups in total. The lowest BCUT2D eigenvalue weighted by molar-refractivity contribution is -0.139. The molecule has 2 aromatic rings. The Hall–Kier alpha value is -2.35. The van der Waals surface area contributed by atoms with Gasteiger partial charge in [-0.25, -0.2) is 9.59 Å². The van der Waals surface area contributed by atoms with Crippen molar-refractivity contribution in [1.82, 2.24) is 15.1 Å². The maximum Gasteiger partial charge on any atom is 0.331 e. The Balaban J connectivity index is 2.07. The van der Waals surface area contributed by atoms with Crippen molar-refractivity contribution >= 4 is 33.6 Å². The third-order valence-electron chi connectivity index (χ3n) is 2.66. The minimum atomic E-state index is -1.16. The summed E-state index contributed by atoms with van der Waals surface area (Å²) >= 11 is 3.29. The van der Waals surface area contributed by atoms with E-state index in [0.717, 1.165) is 4.47 Å². The number of rotatable bonds is 4. The number of aromatic nitrogens is 2. The number of nitrogens with one attached hydrogen (secondary N) is 2. The fourth-order valence-corrected chi connectivity index (χ4v) is 2.14. The quantitative estimate of drug-likeness (QED) is 0.785. The van der Waals surface area contributed by atoms with Crippen molar-refractivity contribution in [1.29, 1.82) is 0 Å². The van der Waals surface area contributed by atoms with E-state index in [2.05, 4.69) is 31.7 Å². The van der Waals surface area contributed by atoms with Gasteiger partial charge in [-0.3, -0.25) is 4.68 Å². The monoisotopic (exact) mass is 352 g/mol. The van der Waals surface area contributed by atoms with Crippen LogP contribution in [0.4, 0.5) is 10.5 Å². The summed E-state index contributed by atoms with van der Waals surface area (Å²) in [6, 6.07) is 5.22. The second kappa shape index (κ2) is 6.40. The molecule has 0 aliphatic heterocycles. The van der Waals surface area contributed by atoms with Gasteiger partial charge in [-0.2, -0.15) is 5.10 Å². The van der Waals surface area contributed by atoms with E-state index in [9.17, 15) is 14.7 Å². The van der Waals surface area contributed by atoms with Crippen LogP contribution in [-0.2, 0) is 11.8 Å². The summed E-state index contributed by atoms with van der Waals surface area (Å²) in [6.45, 7) is 0. The molecule has 1 unspecified atom stereocenters. The Morgan fingerprint density at radius 2 is 2.19 bits per heavy atom. The molecule has 8 heteroatoms. The summed E-state index contributed by atoms with van der Waals surface area (Å²) in [6.07, 6.45) is 2.94. The average molecular weight is 353 g/mol. The molecule has 1 atom stereocenters. The van der Waals surface area contributed by atoms with Gasteiger partial charge in [-0.1, -0.05) is 22.0 Å². The van der Waals surface area contributed by atoms with Crippen LogP contribution >= 0.6 is 15.9 Å². The van der Waals surface area contributed by atoms with Crippen LogP contribution in [-0.4, -0.2) is 26.9 Å². The molecule has 0 radical (unpaired) electrons. The first-order valence-electron chi connectivity index (χ1n) is 6.00. The molecular formula is C13H13BrN4O3.